The van der Waals surface area contributed by atoms with Gasteiger partial charge in [-0.25, -0.2) is 4.79 Å². The van der Waals surface area contributed by atoms with Crippen molar-refractivity contribution in [1.82, 2.24) is 0 Å². The number of nitrogens with zero attached hydrogens (tertiary/aromatic N) is 1. The number of hydrogen-bond donors (Lipinski definition) is 0. The smallest absolute Gasteiger partial charge is 0.416 e. The second kappa shape index (κ2) is 7.94. The molecule has 142 valence electrons. The molecule has 0 saturated heterocycles. The predicted octanol–water partition coefficient (Wildman–Crippen LogP) is 5.84. The first-order valence-corrected chi connectivity index (χ1v) is 7.92. The Hall–Kier alpha value is -2.63. The summed E-state index contributed by atoms with van der Waals surface area (Å²) in [6.45, 7) is 2.66. The maximum atomic E-state index is 12.8. The van der Waals surface area contributed by atoms with E-state index in [0.29, 0.717) is 17.7 Å². The Kier molecular flexibility index (Phi) is 6.08. The predicted molar refractivity (Wildman–Crippen MR) is 89.8 cm³/mol. The van der Waals surface area contributed by atoms with Gasteiger partial charge in [-0.3, -0.25) is 9.78 Å². The van der Waals surface area contributed by atoms with Crippen molar-refractivity contribution in [3.8, 4) is 23.3 Å². The minimum Gasteiger partial charge on any atom is -0.454 e. The highest BCUT2D eigenvalue weighted by Crippen LogP contribution is 2.42. The molecule has 2 aromatic rings. The maximum absolute atomic E-state index is 12.8. The molecule has 0 fully saturated rings. The summed E-state index contributed by atoms with van der Waals surface area (Å²) in [5, 5.41) is 8.46. The second-order valence-corrected chi connectivity index (χ2v) is 6.07. The Morgan fingerprint density at radius 3 is 2.22 bits per heavy atom. The molecule has 2 aromatic carbocycles. The van der Waals surface area contributed by atoms with Gasteiger partial charge in [0.25, 0.3) is 0 Å². The van der Waals surface area contributed by atoms with Crippen molar-refractivity contribution >= 4 is 29.2 Å². The molecule has 10 heteroatoms. The van der Waals surface area contributed by atoms with Crippen LogP contribution in [0.2, 0.25) is 10.0 Å². The van der Waals surface area contributed by atoms with Crippen LogP contribution in [0.1, 0.15) is 23.6 Å². The quantitative estimate of drug-likeness (QED) is 0.459. The molecular weight excluding hydrogens is 410 g/mol. The molecule has 0 saturated carbocycles. The first-order valence-electron chi connectivity index (χ1n) is 7.17. The van der Waals surface area contributed by atoms with Gasteiger partial charge in [-0.05, 0) is 30.7 Å². The molecule has 0 atom stereocenters. The summed E-state index contributed by atoms with van der Waals surface area (Å²) in [6.07, 6.45) is -4.62. The Bertz CT molecular complexity index is 916. The monoisotopic (exact) mass is 419 g/mol. The number of nitriles is 1. The Morgan fingerprint density at radius 2 is 1.74 bits per heavy atom. The zero-order valence-corrected chi connectivity index (χ0v) is 15.3. The number of halogens is 5. The summed E-state index contributed by atoms with van der Waals surface area (Å²) >= 11 is 11.7. The van der Waals surface area contributed by atoms with Gasteiger partial charge in [-0.15, -0.1) is 0 Å². The van der Waals surface area contributed by atoms with Crippen LogP contribution in [0.3, 0.4) is 0 Å². The normalized spacial score (nSPS) is 10.9. The molecule has 0 bridgehead atoms. The zero-order valence-electron chi connectivity index (χ0n) is 13.8. The fourth-order valence-corrected chi connectivity index (χ4v) is 2.60. The van der Waals surface area contributed by atoms with Gasteiger partial charge in [-0.2, -0.15) is 18.4 Å². The Morgan fingerprint density at radius 1 is 1.15 bits per heavy atom. The van der Waals surface area contributed by atoms with E-state index in [2.05, 4.69) is 4.89 Å². The third-order valence-corrected chi connectivity index (χ3v) is 3.74. The van der Waals surface area contributed by atoms with Crippen molar-refractivity contribution in [3.05, 3.63) is 51.0 Å². The highest BCUT2D eigenvalue weighted by Gasteiger charge is 2.32. The summed E-state index contributed by atoms with van der Waals surface area (Å²) in [5.74, 6) is -1.04. The molecule has 0 radical (unpaired) electrons. The van der Waals surface area contributed by atoms with Gasteiger partial charge in [0.2, 0.25) is 0 Å². The van der Waals surface area contributed by atoms with Crippen molar-refractivity contribution in [2.75, 3.05) is 0 Å². The van der Waals surface area contributed by atoms with Crippen molar-refractivity contribution in [2.24, 2.45) is 0 Å². The molecule has 0 aromatic heterocycles. The summed E-state index contributed by atoms with van der Waals surface area (Å²) in [7, 11) is 0. The Labute approximate surface area is 161 Å². The lowest BCUT2D eigenvalue weighted by atomic mass is 10.1. The molecule has 0 amide bonds. The fraction of sp³-hybridized carbons (Fsp3) is 0.176. The van der Waals surface area contributed by atoms with Crippen molar-refractivity contribution in [2.45, 2.75) is 20.0 Å². The van der Waals surface area contributed by atoms with E-state index in [1.807, 2.05) is 6.07 Å². The highest BCUT2D eigenvalue weighted by molar-refractivity contribution is 6.37. The number of ether oxygens (including phenoxy) is 1. The van der Waals surface area contributed by atoms with Crippen LogP contribution in [-0.4, -0.2) is 5.97 Å². The number of carbonyl (C=O) groups is 1. The average molecular weight is 420 g/mol. The van der Waals surface area contributed by atoms with E-state index in [9.17, 15) is 23.2 Å². The van der Waals surface area contributed by atoms with Crippen LogP contribution in [0.15, 0.2) is 24.3 Å². The van der Waals surface area contributed by atoms with Crippen molar-refractivity contribution in [3.63, 3.8) is 0 Å². The lowest BCUT2D eigenvalue weighted by Gasteiger charge is -2.15. The van der Waals surface area contributed by atoms with Crippen LogP contribution in [0.25, 0.3) is 0 Å². The molecule has 0 heterocycles. The van der Waals surface area contributed by atoms with E-state index in [1.165, 1.54) is 12.1 Å². The van der Waals surface area contributed by atoms with E-state index in [1.54, 1.807) is 6.92 Å². The minimum absolute atomic E-state index is 0.0530. The number of aryl methyl sites for hydroxylation is 1. The first-order chi connectivity index (χ1) is 12.5. The molecule has 0 aliphatic carbocycles. The van der Waals surface area contributed by atoms with Gasteiger partial charge < -0.3 is 4.74 Å². The van der Waals surface area contributed by atoms with Gasteiger partial charge in [0.05, 0.1) is 15.6 Å². The number of alkyl halides is 3. The van der Waals surface area contributed by atoms with Crippen molar-refractivity contribution in [1.29, 1.82) is 5.26 Å². The lowest BCUT2D eigenvalue weighted by molar-refractivity contribution is -0.211. The van der Waals surface area contributed by atoms with Gasteiger partial charge >= 0.3 is 12.1 Å². The van der Waals surface area contributed by atoms with Crippen LogP contribution < -0.4 is 9.62 Å². The summed E-state index contributed by atoms with van der Waals surface area (Å²) < 4.78 is 43.9. The zero-order chi connectivity index (χ0) is 20.4. The minimum atomic E-state index is -4.62. The number of rotatable bonds is 4. The number of hydrogen-bond acceptors (Lipinski definition) is 5. The fourth-order valence-electron chi connectivity index (χ4n) is 2.03. The Balaban J connectivity index is 2.43. The second-order valence-electron chi connectivity index (χ2n) is 5.25. The molecule has 2 rings (SSSR count). The van der Waals surface area contributed by atoms with E-state index in [0.717, 1.165) is 6.92 Å². The van der Waals surface area contributed by atoms with Crippen molar-refractivity contribution < 1.29 is 32.5 Å². The third kappa shape index (κ3) is 4.96. The summed E-state index contributed by atoms with van der Waals surface area (Å²) in [4.78, 5) is 20.1. The first kappa shape index (κ1) is 20.7. The summed E-state index contributed by atoms with van der Waals surface area (Å²) in [6, 6.07) is 5.86. The molecule has 27 heavy (non-hydrogen) atoms. The third-order valence-electron chi connectivity index (χ3n) is 3.18. The van der Waals surface area contributed by atoms with Gasteiger partial charge in [0.15, 0.2) is 11.5 Å². The van der Waals surface area contributed by atoms with Gasteiger partial charge in [-0.1, -0.05) is 23.2 Å². The maximum Gasteiger partial charge on any atom is 0.416 e. The van der Waals surface area contributed by atoms with E-state index in [4.69, 9.17) is 32.8 Å². The van der Waals surface area contributed by atoms with Crippen LogP contribution in [0.5, 0.6) is 17.2 Å². The van der Waals surface area contributed by atoms with E-state index < -0.39 is 17.7 Å². The van der Waals surface area contributed by atoms with E-state index in [-0.39, 0.29) is 32.9 Å². The van der Waals surface area contributed by atoms with Gasteiger partial charge in [0.1, 0.15) is 17.4 Å². The van der Waals surface area contributed by atoms with Crippen LogP contribution >= 0.6 is 23.2 Å². The topological polar surface area (TPSA) is 68.6 Å². The largest absolute Gasteiger partial charge is 0.454 e. The van der Waals surface area contributed by atoms with Gasteiger partial charge in [0, 0.05) is 13.0 Å². The lowest BCUT2D eigenvalue weighted by Crippen LogP contribution is -2.06. The van der Waals surface area contributed by atoms with Crippen LogP contribution in [-0.2, 0) is 15.9 Å². The SMILES string of the molecule is CC(=O)OOc1cc(Oc2c(Cl)cc(C(F)(F)F)cc2Cl)cc(C)c1C#N. The molecular formula is C17H10Cl2F3NO4. The van der Waals surface area contributed by atoms with Crippen LogP contribution in [0, 0.1) is 18.3 Å². The standard InChI is InChI=1S/C17H10Cl2F3NO4/c1-8-3-11(6-15(12(8)7-23)27-26-9(2)24)25-16-13(18)4-10(5-14(16)19)17(20,21)22/h3-6H,1-2H3. The number of benzene rings is 2. The summed E-state index contributed by atoms with van der Waals surface area (Å²) in [5.41, 5.74) is -0.552. The van der Waals surface area contributed by atoms with E-state index >= 15 is 0 Å². The molecule has 0 aliphatic rings. The molecule has 0 unspecified atom stereocenters. The molecule has 0 aliphatic heterocycles. The average Bonchev–Trinajstić information content (AvgIpc) is 2.54. The highest BCUT2D eigenvalue weighted by atomic mass is 35.5. The molecule has 0 spiro atoms. The molecule has 0 N–H and O–H groups in total. The molecule has 5 nitrogen and oxygen atoms in total. The number of carbonyl (C=O) groups excluding carboxylic acids is 1. The van der Waals surface area contributed by atoms with Crippen LogP contribution in [0.4, 0.5) is 13.2 Å².